The summed E-state index contributed by atoms with van der Waals surface area (Å²) in [6.45, 7) is 6.66. The van der Waals surface area contributed by atoms with Crippen LogP contribution in [0, 0.1) is 30.6 Å². The van der Waals surface area contributed by atoms with E-state index in [1.165, 1.54) is 31.1 Å². The second-order valence-corrected chi connectivity index (χ2v) is 3.28. The fourth-order valence-electron chi connectivity index (χ4n) is 1.51. The molecule has 11 heavy (non-hydrogen) atoms. The SMILES string of the molecule is CCCC[C]1[C](C)[CH][CH][C]1C. The van der Waals surface area contributed by atoms with Gasteiger partial charge in [-0.05, 0) is 37.0 Å². The van der Waals surface area contributed by atoms with E-state index in [1.807, 2.05) is 0 Å². The zero-order chi connectivity index (χ0) is 8.27. The van der Waals surface area contributed by atoms with Gasteiger partial charge in [0.1, 0.15) is 0 Å². The molecule has 0 heterocycles. The molecule has 1 fully saturated rings. The van der Waals surface area contributed by atoms with Gasteiger partial charge >= 0.3 is 0 Å². The molecule has 0 nitrogen and oxygen atoms in total. The molecular weight excluding hydrogens is 132 g/mol. The largest absolute Gasteiger partial charge is 0.0654 e. The van der Waals surface area contributed by atoms with Crippen LogP contribution in [0.25, 0.3) is 0 Å². The summed E-state index contributed by atoms with van der Waals surface area (Å²) in [5.74, 6) is 4.51. The summed E-state index contributed by atoms with van der Waals surface area (Å²) in [5.41, 5.74) is 0. The molecule has 0 bridgehead atoms. The van der Waals surface area contributed by atoms with Crippen LogP contribution < -0.4 is 0 Å². The first-order valence-corrected chi connectivity index (χ1v) is 4.47. The van der Waals surface area contributed by atoms with Gasteiger partial charge in [0.2, 0.25) is 0 Å². The minimum atomic E-state index is 1.27. The van der Waals surface area contributed by atoms with Crippen molar-refractivity contribution in [2.24, 2.45) is 0 Å². The Morgan fingerprint density at radius 2 is 1.64 bits per heavy atom. The van der Waals surface area contributed by atoms with E-state index >= 15 is 0 Å². The molecule has 0 amide bonds. The minimum absolute atomic E-state index is 1.27. The summed E-state index contributed by atoms with van der Waals surface area (Å²) in [6, 6.07) is 0. The van der Waals surface area contributed by atoms with Crippen LogP contribution >= 0.6 is 0 Å². The van der Waals surface area contributed by atoms with Crippen LogP contribution in [0.1, 0.15) is 40.0 Å². The third kappa shape index (κ3) is 2.21. The molecule has 0 spiro atoms. The highest BCUT2D eigenvalue weighted by Crippen LogP contribution is 2.42. The molecule has 0 aromatic heterocycles. The molecule has 0 heteroatoms. The number of unbranched alkanes of at least 4 members (excludes halogenated alkanes) is 1. The van der Waals surface area contributed by atoms with Gasteiger partial charge in [-0.25, -0.2) is 0 Å². The van der Waals surface area contributed by atoms with Crippen LogP contribution in [0.15, 0.2) is 0 Å². The Balaban J connectivity index is 2.29. The molecule has 1 saturated carbocycles. The van der Waals surface area contributed by atoms with E-state index < -0.39 is 0 Å². The first kappa shape index (κ1) is 9.09. The molecule has 5 radical (unpaired) electrons. The Hall–Kier alpha value is 0. The summed E-state index contributed by atoms with van der Waals surface area (Å²) < 4.78 is 0. The zero-order valence-electron chi connectivity index (χ0n) is 7.78. The van der Waals surface area contributed by atoms with Crippen molar-refractivity contribution >= 4 is 0 Å². The van der Waals surface area contributed by atoms with Crippen molar-refractivity contribution in [1.29, 1.82) is 0 Å². The molecule has 1 rings (SSSR count). The van der Waals surface area contributed by atoms with Gasteiger partial charge in [0, 0.05) is 0 Å². The van der Waals surface area contributed by atoms with Crippen LogP contribution in [-0.4, -0.2) is 0 Å². The Bertz CT molecular complexity index is 96.6. The summed E-state index contributed by atoms with van der Waals surface area (Å²) >= 11 is 0. The quantitative estimate of drug-likeness (QED) is 0.577. The maximum absolute atomic E-state index is 2.24. The Morgan fingerprint density at radius 3 is 2.09 bits per heavy atom. The second-order valence-electron chi connectivity index (χ2n) is 3.28. The normalized spacial score (nSPS) is 23.2. The Labute approximate surface area is 71.4 Å². The van der Waals surface area contributed by atoms with E-state index in [1.54, 1.807) is 5.92 Å². The highest BCUT2D eigenvalue weighted by molar-refractivity contribution is 5.48. The second kappa shape index (κ2) is 4.13. The fraction of sp³-hybridized carbons (Fsp3) is 0.545. The van der Waals surface area contributed by atoms with Gasteiger partial charge in [0.25, 0.3) is 0 Å². The topological polar surface area (TPSA) is 0 Å². The molecule has 61 valence electrons. The number of hydrogen-bond donors (Lipinski definition) is 0. The van der Waals surface area contributed by atoms with Crippen molar-refractivity contribution < 1.29 is 0 Å². The maximum Gasteiger partial charge on any atom is -0.0105 e. The lowest BCUT2D eigenvalue weighted by atomic mass is 9.87. The van der Waals surface area contributed by atoms with Crippen molar-refractivity contribution in [3.8, 4) is 0 Å². The van der Waals surface area contributed by atoms with Crippen LogP contribution in [0.5, 0.6) is 0 Å². The maximum atomic E-state index is 2.24. The van der Waals surface area contributed by atoms with E-state index in [9.17, 15) is 0 Å². The van der Waals surface area contributed by atoms with Crippen molar-refractivity contribution in [2.45, 2.75) is 40.0 Å². The third-order valence-electron chi connectivity index (χ3n) is 2.32. The van der Waals surface area contributed by atoms with E-state index in [0.29, 0.717) is 0 Å². The Kier molecular flexibility index (Phi) is 3.42. The van der Waals surface area contributed by atoms with Crippen molar-refractivity contribution in [1.82, 2.24) is 0 Å². The van der Waals surface area contributed by atoms with Crippen LogP contribution in [0.3, 0.4) is 0 Å². The van der Waals surface area contributed by atoms with E-state index in [-0.39, 0.29) is 0 Å². The third-order valence-corrected chi connectivity index (χ3v) is 2.32. The van der Waals surface area contributed by atoms with Crippen LogP contribution in [0.4, 0.5) is 0 Å². The highest BCUT2D eigenvalue weighted by atomic mass is 14.3. The van der Waals surface area contributed by atoms with Crippen molar-refractivity contribution in [3.63, 3.8) is 0 Å². The van der Waals surface area contributed by atoms with Gasteiger partial charge in [-0.2, -0.15) is 0 Å². The molecule has 1 aliphatic carbocycles. The molecule has 0 atom stereocenters. The predicted molar refractivity (Wildman–Crippen MR) is 49.2 cm³/mol. The molecular formula is C11H17. The number of hydrogen-bond acceptors (Lipinski definition) is 0. The summed E-state index contributed by atoms with van der Waals surface area (Å²) in [6.07, 6.45) is 8.33. The predicted octanol–water partition coefficient (Wildman–Crippen LogP) is 3.36. The summed E-state index contributed by atoms with van der Waals surface area (Å²) in [7, 11) is 0. The lowest BCUT2D eigenvalue weighted by molar-refractivity contribution is 0.720. The van der Waals surface area contributed by atoms with Gasteiger partial charge < -0.3 is 0 Å². The van der Waals surface area contributed by atoms with Crippen LogP contribution in [0.2, 0.25) is 0 Å². The first-order chi connectivity index (χ1) is 5.25. The standard InChI is InChI=1S/C11H17/c1-4-5-6-11-9(2)7-8-10(11)3/h7-8H,4-6H2,1-3H3. The van der Waals surface area contributed by atoms with Gasteiger partial charge in [0.05, 0.1) is 0 Å². The molecule has 1 aliphatic rings. The van der Waals surface area contributed by atoms with E-state index in [4.69, 9.17) is 0 Å². The smallest absolute Gasteiger partial charge is 0.0105 e. The molecule has 0 aliphatic heterocycles. The van der Waals surface area contributed by atoms with E-state index in [2.05, 4.69) is 33.6 Å². The zero-order valence-corrected chi connectivity index (χ0v) is 7.78. The molecule has 0 unspecified atom stereocenters. The van der Waals surface area contributed by atoms with Gasteiger partial charge in [-0.15, -0.1) is 0 Å². The first-order valence-electron chi connectivity index (χ1n) is 4.47. The minimum Gasteiger partial charge on any atom is -0.0654 e. The lowest BCUT2D eigenvalue weighted by Gasteiger charge is -2.17. The number of rotatable bonds is 3. The summed E-state index contributed by atoms with van der Waals surface area (Å²) in [4.78, 5) is 0. The molecule has 0 aromatic rings. The van der Waals surface area contributed by atoms with Gasteiger partial charge in [-0.3, -0.25) is 0 Å². The fourth-order valence-corrected chi connectivity index (χ4v) is 1.51. The average Bonchev–Trinajstić information content (AvgIpc) is 2.29. The highest BCUT2D eigenvalue weighted by Gasteiger charge is 2.31. The van der Waals surface area contributed by atoms with E-state index in [0.717, 1.165) is 0 Å². The summed E-state index contributed by atoms with van der Waals surface area (Å²) in [5, 5.41) is 0. The van der Waals surface area contributed by atoms with Crippen molar-refractivity contribution in [3.05, 3.63) is 30.6 Å². The monoisotopic (exact) mass is 149 g/mol. The van der Waals surface area contributed by atoms with Crippen molar-refractivity contribution in [2.75, 3.05) is 0 Å². The molecule has 0 N–H and O–H groups in total. The molecule has 0 aromatic carbocycles. The van der Waals surface area contributed by atoms with Gasteiger partial charge in [0.15, 0.2) is 0 Å². The van der Waals surface area contributed by atoms with Gasteiger partial charge in [-0.1, -0.05) is 33.6 Å². The average molecular weight is 149 g/mol. The lowest BCUT2D eigenvalue weighted by Crippen LogP contribution is -2.04. The van der Waals surface area contributed by atoms with Crippen LogP contribution in [-0.2, 0) is 0 Å². The molecule has 0 saturated heterocycles. The Morgan fingerprint density at radius 1 is 1.09 bits per heavy atom.